The highest BCUT2D eigenvalue weighted by Crippen LogP contribution is 2.33. The van der Waals surface area contributed by atoms with E-state index in [1.807, 2.05) is 103 Å². The van der Waals surface area contributed by atoms with Gasteiger partial charge in [-0.1, -0.05) is 73.2 Å². The van der Waals surface area contributed by atoms with Crippen LogP contribution in [0, 0.1) is 0 Å². The molecule has 6 atom stereocenters. The molecule has 61 heavy (non-hydrogen) atoms. The standard InChI is InChI=1S/C44H48N10O6S/c55-38(17-9-8-16-37-40-36(25-61-37)51-43(59)53-40)49-34(19-27-21-45-32-14-6-4-12-30(27)32)42(58)50-35(20-28-22-46-33-15-7-5-13-31(28)33)41(57)48-29(18-26-10-2-1-3-11-26)23-47-54-24-39(56)52-44(54)60/h1-7,10-15,21-23,29,34-37,40,45-46H,8-9,16-20,24-25H2,(H,48,57)(H,49,55)(H,50,58)(H2,51,53,59)(H,52,56,60)/b47-23+. The van der Waals surface area contributed by atoms with E-state index in [0.717, 1.165) is 62.1 Å². The predicted molar refractivity (Wildman–Crippen MR) is 233 cm³/mol. The Kier molecular flexibility index (Phi) is 12.6. The lowest BCUT2D eigenvalue weighted by molar-refractivity contribution is -0.132. The minimum atomic E-state index is -1.10. The van der Waals surface area contributed by atoms with Gasteiger partial charge in [0.2, 0.25) is 23.6 Å². The fourth-order valence-electron chi connectivity index (χ4n) is 8.25. The van der Waals surface area contributed by atoms with E-state index < -0.39 is 41.9 Å². The molecule has 0 aliphatic carbocycles. The first-order valence-electron chi connectivity index (χ1n) is 20.5. The fourth-order valence-corrected chi connectivity index (χ4v) is 9.79. The van der Waals surface area contributed by atoms with Crippen molar-refractivity contribution >= 4 is 75.5 Å². The summed E-state index contributed by atoms with van der Waals surface area (Å²) in [6.07, 6.45) is 8.08. The number of rotatable bonds is 18. The van der Waals surface area contributed by atoms with Crippen molar-refractivity contribution in [3.05, 3.63) is 108 Å². The smallest absolute Gasteiger partial charge is 0.344 e. The van der Waals surface area contributed by atoms with Crippen LogP contribution in [0.15, 0.2) is 96.4 Å². The number of nitrogens with zero attached hydrogens (tertiary/aromatic N) is 2. The molecule has 16 nitrogen and oxygen atoms in total. The molecule has 316 valence electrons. The molecular weight excluding hydrogens is 797 g/mol. The van der Waals surface area contributed by atoms with Gasteiger partial charge >= 0.3 is 12.1 Å². The molecule has 3 fully saturated rings. The maximum Gasteiger partial charge on any atom is 0.344 e. The van der Waals surface area contributed by atoms with E-state index in [2.05, 4.69) is 47.0 Å². The Bertz CT molecular complexity index is 2450. The summed E-state index contributed by atoms with van der Waals surface area (Å²) in [6.45, 7) is -0.248. The topological polar surface area (TPSA) is 222 Å². The summed E-state index contributed by atoms with van der Waals surface area (Å²) in [4.78, 5) is 85.1. The highest BCUT2D eigenvalue weighted by molar-refractivity contribution is 8.00. The Hall–Kier alpha value is -6.62. The Morgan fingerprint density at radius 1 is 0.770 bits per heavy atom. The number of fused-ring (bicyclic) bond motifs is 3. The molecule has 0 radical (unpaired) electrons. The van der Waals surface area contributed by atoms with Gasteiger partial charge in [-0.15, -0.1) is 0 Å². The Morgan fingerprint density at radius 2 is 1.41 bits per heavy atom. The van der Waals surface area contributed by atoms with Crippen LogP contribution in [0.5, 0.6) is 0 Å². The third-order valence-electron chi connectivity index (χ3n) is 11.3. The van der Waals surface area contributed by atoms with Crippen molar-refractivity contribution in [2.24, 2.45) is 5.10 Å². The molecule has 8 rings (SSSR count). The number of amides is 8. The van der Waals surface area contributed by atoms with Crippen molar-refractivity contribution in [1.82, 2.24) is 46.9 Å². The summed E-state index contributed by atoms with van der Waals surface area (Å²) in [7, 11) is 0. The maximum absolute atomic E-state index is 14.6. The fraction of sp³-hybridized carbons (Fsp3) is 0.341. The molecule has 3 aromatic carbocycles. The van der Waals surface area contributed by atoms with Crippen molar-refractivity contribution in [2.45, 2.75) is 80.4 Å². The predicted octanol–water partition coefficient (Wildman–Crippen LogP) is 3.39. The first kappa shape index (κ1) is 41.1. The number of aromatic nitrogens is 2. The average Bonchev–Trinajstić information content (AvgIpc) is 4.09. The van der Waals surface area contributed by atoms with Gasteiger partial charge in [0.1, 0.15) is 18.6 Å². The summed E-state index contributed by atoms with van der Waals surface area (Å²) >= 11 is 1.83. The number of imide groups is 1. The van der Waals surface area contributed by atoms with Crippen LogP contribution in [0.4, 0.5) is 9.59 Å². The van der Waals surface area contributed by atoms with Crippen LogP contribution >= 0.6 is 11.8 Å². The average molecular weight is 845 g/mol. The van der Waals surface area contributed by atoms with Crippen LogP contribution in [0.2, 0.25) is 0 Å². The van der Waals surface area contributed by atoms with Gasteiger partial charge in [-0.05, 0) is 48.1 Å². The Labute approximate surface area is 355 Å². The lowest BCUT2D eigenvalue weighted by atomic mass is 10.0. The second kappa shape index (κ2) is 18.8. The van der Waals surface area contributed by atoms with E-state index in [9.17, 15) is 28.8 Å². The third-order valence-corrected chi connectivity index (χ3v) is 12.9. The third kappa shape index (κ3) is 10.1. The monoisotopic (exact) mass is 844 g/mol. The van der Waals surface area contributed by atoms with Crippen LogP contribution in [0.25, 0.3) is 21.8 Å². The number of thioether (sulfide) groups is 1. The summed E-state index contributed by atoms with van der Waals surface area (Å²) < 4.78 is 0. The molecule has 3 aliphatic heterocycles. The minimum Gasteiger partial charge on any atom is -0.361 e. The SMILES string of the molecule is O=C1CN(/N=C/C(Cc2ccccc2)NC(=O)C(Cc2c[nH]c3ccccc23)NC(=O)C(Cc2c[nH]c3ccccc23)NC(=O)CCCCC2SCC3NC(=O)NC32)C(=O)N1. The van der Waals surface area contributed by atoms with E-state index in [1.54, 1.807) is 0 Å². The van der Waals surface area contributed by atoms with Gasteiger partial charge in [0.25, 0.3) is 0 Å². The van der Waals surface area contributed by atoms with Gasteiger partial charge in [-0.25, -0.2) is 14.6 Å². The van der Waals surface area contributed by atoms with Gasteiger partial charge in [-0.3, -0.25) is 24.5 Å². The summed E-state index contributed by atoms with van der Waals surface area (Å²) in [5, 5.41) is 24.5. The first-order valence-corrected chi connectivity index (χ1v) is 21.6. The van der Waals surface area contributed by atoms with Gasteiger partial charge in [0, 0.05) is 70.7 Å². The number of H-pyrrole nitrogens is 2. The van der Waals surface area contributed by atoms with E-state index in [4.69, 9.17) is 0 Å². The molecule has 3 saturated heterocycles. The second-order valence-corrected chi connectivity index (χ2v) is 16.9. The molecule has 5 aromatic rings. The molecule has 0 bridgehead atoms. The number of benzene rings is 3. The highest BCUT2D eigenvalue weighted by atomic mass is 32.2. The number of hydrogen-bond donors (Lipinski definition) is 8. The Balaban J connectivity index is 1.01. The second-order valence-electron chi connectivity index (χ2n) is 15.7. The van der Waals surface area contributed by atoms with Gasteiger partial charge in [-0.2, -0.15) is 16.9 Å². The van der Waals surface area contributed by atoms with Crippen LogP contribution in [0.3, 0.4) is 0 Å². The number of hydrazone groups is 1. The molecule has 2 aromatic heterocycles. The van der Waals surface area contributed by atoms with Crippen molar-refractivity contribution in [3.8, 4) is 0 Å². The van der Waals surface area contributed by atoms with E-state index >= 15 is 0 Å². The quantitative estimate of drug-likeness (QED) is 0.0284. The van der Waals surface area contributed by atoms with Crippen molar-refractivity contribution in [1.29, 1.82) is 0 Å². The number of para-hydroxylation sites is 2. The van der Waals surface area contributed by atoms with Crippen molar-refractivity contribution in [2.75, 3.05) is 12.3 Å². The number of unbranched alkanes of at least 4 members (excludes halogenated alkanes) is 1. The molecular formula is C44H48N10O6S. The number of urea groups is 2. The zero-order chi connectivity index (χ0) is 42.3. The molecule has 8 N–H and O–H groups in total. The zero-order valence-corrected chi connectivity index (χ0v) is 34.1. The number of carbonyl (C=O) groups excluding carboxylic acids is 6. The minimum absolute atomic E-state index is 0.0862. The van der Waals surface area contributed by atoms with Gasteiger partial charge in [0.15, 0.2) is 0 Å². The maximum atomic E-state index is 14.6. The van der Waals surface area contributed by atoms with Crippen LogP contribution in [-0.4, -0.2) is 105 Å². The highest BCUT2D eigenvalue weighted by Gasteiger charge is 2.42. The molecule has 17 heteroatoms. The van der Waals surface area contributed by atoms with E-state index in [1.165, 1.54) is 6.21 Å². The molecule has 8 amide bonds. The largest absolute Gasteiger partial charge is 0.361 e. The number of hydrogen-bond acceptors (Lipinski definition) is 8. The van der Waals surface area contributed by atoms with E-state index in [0.29, 0.717) is 12.8 Å². The Morgan fingerprint density at radius 3 is 2.08 bits per heavy atom. The lowest BCUT2D eigenvalue weighted by Gasteiger charge is -2.25. The van der Waals surface area contributed by atoms with Crippen molar-refractivity contribution < 1.29 is 28.8 Å². The van der Waals surface area contributed by atoms with Crippen LogP contribution in [-0.2, 0) is 38.4 Å². The van der Waals surface area contributed by atoms with Gasteiger partial charge < -0.3 is 36.6 Å². The zero-order valence-electron chi connectivity index (χ0n) is 33.3. The summed E-state index contributed by atoms with van der Waals surface area (Å²) in [6, 6.07) is 21.4. The van der Waals surface area contributed by atoms with E-state index in [-0.39, 0.29) is 55.1 Å². The van der Waals surface area contributed by atoms with Crippen LogP contribution in [0.1, 0.15) is 42.4 Å². The van der Waals surface area contributed by atoms with Crippen molar-refractivity contribution in [3.63, 3.8) is 0 Å². The summed E-state index contributed by atoms with van der Waals surface area (Å²) in [5.41, 5.74) is 4.28. The number of nitrogens with one attached hydrogen (secondary N) is 8. The van der Waals surface area contributed by atoms with Crippen LogP contribution < -0.4 is 31.9 Å². The first-order chi connectivity index (χ1) is 29.7. The molecule has 0 spiro atoms. The molecule has 5 heterocycles. The van der Waals surface area contributed by atoms with Gasteiger partial charge in [0.05, 0.1) is 18.1 Å². The summed E-state index contributed by atoms with van der Waals surface area (Å²) in [5.74, 6) is -0.947. The molecule has 0 saturated carbocycles. The molecule has 3 aliphatic rings. The number of carbonyl (C=O) groups is 6. The lowest BCUT2D eigenvalue weighted by Crippen LogP contribution is -2.56. The molecule has 6 unspecified atom stereocenters. The number of aromatic amines is 2. The normalized spacial score (nSPS) is 20.0.